The van der Waals surface area contributed by atoms with Crippen molar-refractivity contribution in [3.05, 3.63) is 29.8 Å². The second kappa shape index (κ2) is 15.7. The van der Waals surface area contributed by atoms with Crippen LogP contribution in [0.2, 0.25) is 0 Å². The van der Waals surface area contributed by atoms with Crippen molar-refractivity contribution in [2.75, 3.05) is 12.0 Å². The van der Waals surface area contributed by atoms with Crippen LogP contribution in [-0.2, 0) is 30.4 Å². The first kappa shape index (κ1) is 31.7. The number of carboxylic acids is 1. The van der Waals surface area contributed by atoms with Crippen molar-refractivity contribution >= 4 is 41.4 Å². The van der Waals surface area contributed by atoms with Gasteiger partial charge in [-0.2, -0.15) is 11.8 Å². The Morgan fingerprint density at radius 2 is 1.46 bits per heavy atom. The molecular formula is C24H37N5O7S. The number of benzene rings is 1. The van der Waals surface area contributed by atoms with Crippen molar-refractivity contribution in [3.8, 4) is 5.75 Å². The highest BCUT2D eigenvalue weighted by Gasteiger charge is 2.31. The number of carbonyl (C=O) groups excluding carboxylic acids is 4. The maximum Gasteiger partial charge on any atom is 0.326 e. The molecule has 0 fully saturated rings. The smallest absolute Gasteiger partial charge is 0.326 e. The summed E-state index contributed by atoms with van der Waals surface area (Å²) in [7, 11) is 0. The Balaban J connectivity index is 3.12. The lowest BCUT2D eigenvalue weighted by Gasteiger charge is -2.25. The number of nitrogens with one attached hydrogen (secondary N) is 3. The molecule has 0 aliphatic heterocycles. The molecule has 0 saturated carbocycles. The zero-order valence-electron chi connectivity index (χ0n) is 21.2. The summed E-state index contributed by atoms with van der Waals surface area (Å²) in [5, 5.41) is 26.3. The van der Waals surface area contributed by atoms with Crippen LogP contribution in [0.25, 0.3) is 0 Å². The van der Waals surface area contributed by atoms with Crippen LogP contribution >= 0.6 is 11.8 Å². The number of aliphatic carboxylic acids is 1. The van der Waals surface area contributed by atoms with Crippen molar-refractivity contribution in [1.82, 2.24) is 16.0 Å². The van der Waals surface area contributed by atoms with E-state index in [2.05, 4.69) is 16.0 Å². The molecule has 0 radical (unpaired) electrons. The molecule has 13 heteroatoms. The maximum absolute atomic E-state index is 13.3. The van der Waals surface area contributed by atoms with Crippen LogP contribution in [0.3, 0.4) is 0 Å². The Hall–Kier alpha value is -3.32. The standard InChI is InChI=1S/C24H37N5O7S/c1-13(2)10-16(25)21(32)28-18(11-14-4-6-15(30)7-5-14)23(34)27-17(8-9-37-3)22(33)29-19(24(35)36)12-20(26)31/h4-7,13,16-19,30H,8-12,25H2,1-3H3,(H2,26,31)(H,27,34)(H,28,32)(H,29,33)(H,35,36). The minimum Gasteiger partial charge on any atom is -0.508 e. The average Bonchev–Trinajstić information content (AvgIpc) is 2.81. The SMILES string of the molecule is CSCCC(NC(=O)C(Cc1ccc(O)cc1)NC(=O)C(N)CC(C)C)C(=O)NC(CC(N)=O)C(=O)O. The number of rotatable bonds is 16. The second-order valence-electron chi connectivity index (χ2n) is 9.08. The van der Waals surface area contributed by atoms with E-state index in [0.29, 0.717) is 17.7 Å². The van der Waals surface area contributed by atoms with Gasteiger partial charge in [-0.05, 0) is 48.5 Å². The van der Waals surface area contributed by atoms with Gasteiger partial charge in [-0.1, -0.05) is 26.0 Å². The number of phenols is 1. The highest BCUT2D eigenvalue weighted by molar-refractivity contribution is 7.98. The Bertz CT molecular complexity index is 942. The minimum absolute atomic E-state index is 0.0329. The van der Waals surface area contributed by atoms with Gasteiger partial charge in [0.05, 0.1) is 12.5 Å². The zero-order chi connectivity index (χ0) is 28.1. The van der Waals surface area contributed by atoms with Gasteiger partial charge < -0.3 is 37.6 Å². The molecule has 0 heterocycles. The van der Waals surface area contributed by atoms with Crippen molar-refractivity contribution < 1.29 is 34.2 Å². The van der Waals surface area contributed by atoms with Gasteiger partial charge in [-0.3, -0.25) is 19.2 Å². The van der Waals surface area contributed by atoms with Crippen molar-refractivity contribution in [2.24, 2.45) is 17.4 Å². The van der Waals surface area contributed by atoms with Gasteiger partial charge >= 0.3 is 5.97 Å². The van der Waals surface area contributed by atoms with Crippen molar-refractivity contribution in [2.45, 2.75) is 63.7 Å². The number of amides is 4. The Labute approximate surface area is 220 Å². The monoisotopic (exact) mass is 539 g/mol. The molecule has 0 spiro atoms. The largest absolute Gasteiger partial charge is 0.508 e. The molecule has 0 bridgehead atoms. The van der Waals surface area contributed by atoms with Crippen LogP contribution in [0.5, 0.6) is 5.75 Å². The molecule has 206 valence electrons. The predicted octanol–water partition coefficient (Wildman–Crippen LogP) is -0.524. The summed E-state index contributed by atoms with van der Waals surface area (Å²) < 4.78 is 0. The van der Waals surface area contributed by atoms with E-state index in [0.717, 1.165) is 0 Å². The number of aromatic hydroxyl groups is 1. The third-order valence-corrected chi connectivity index (χ3v) is 5.98. The van der Waals surface area contributed by atoms with E-state index in [4.69, 9.17) is 11.5 Å². The summed E-state index contributed by atoms with van der Waals surface area (Å²) in [6.07, 6.45) is 1.79. The highest BCUT2D eigenvalue weighted by Crippen LogP contribution is 2.13. The molecule has 1 aromatic carbocycles. The molecule has 4 atom stereocenters. The summed E-state index contributed by atoms with van der Waals surface area (Å²) in [5.41, 5.74) is 11.7. The first-order valence-corrected chi connectivity index (χ1v) is 13.2. The number of hydrogen-bond donors (Lipinski definition) is 7. The Morgan fingerprint density at radius 3 is 1.97 bits per heavy atom. The van der Waals surface area contributed by atoms with Gasteiger partial charge in [-0.15, -0.1) is 0 Å². The number of primary amides is 1. The fourth-order valence-corrected chi connectivity index (χ4v) is 3.89. The number of hydrogen-bond acceptors (Lipinski definition) is 8. The average molecular weight is 540 g/mol. The van der Waals surface area contributed by atoms with Gasteiger partial charge in [0.1, 0.15) is 23.9 Å². The molecule has 0 saturated heterocycles. The summed E-state index contributed by atoms with van der Waals surface area (Å²) in [6.45, 7) is 3.82. The van der Waals surface area contributed by atoms with Gasteiger partial charge in [0, 0.05) is 6.42 Å². The summed E-state index contributed by atoms with van der Waals surface area (Å²) in [6, 6.07) is 1.41. The molecule has 37 heavy (non-hydrogen) atoms. The Kier molecular flexibility index (Phi) is 13.5. The molecule has 4 unspecified atom stereocenters. The van der Waals surface area contributed by atoms with E-state index in [-0.39, 0.29) is 24.5 Å². The van der Waals surface area contributed by atoms with Gasteiger partial charge in [0.25, 0.3) is 0 Å². The molecule has 1 rings (SSSR count). The number of phenolic OH excluding ortho intramolecular Hbond substituents is 1. The molecule has 0 aliphatic carbocycles. The van der Waals surface area contributed by atoms with Crippen LogP contribution in [0.15, 0.2) is 24.3 Å². The molecule has 12 nitrogen and oxygen atoms in total. The minimum atomic E-state index is -1.56. The number of carboxylic acid groups (broad SMARTS) is 1. The summed E-state index contributed by atoms with van der Waals surface area (Å²) in [5.74, 6) is -3.74. The number of thioether (sulfide) groups is 1. The fourth-order valence-electron chi connectivity index (χ4n) is 3.42. The quantitative estimate of drug-likeness (QED) is 0.144. The lowest BCUT2D eigenvalue weighted by Crippen LogP contribution is -2.58. The van der Waals surface area contributed by atoms with Crippen molar-refractivity contribution in [3.63, 3.8) is 0 Å². The zero-order valence-corrected chi connectivity index (χ0v) is 22.0. The third-order valence-electron chi connectivity index (χ3n) is 5.33. The van der Waals surface area contributed by atoms with E-state index in [1.807, 2.05) is 13.8 Å². The van der Waals surface area contributed by atoms with E-state index >= 15 is 0 Å². The highest BCUT2D eigenvalue weighted by atomic mass is 32.2. The fraction of sp³-hybridized carbons (Fsp3) is 0.542. The molecule has 1 aromatic rings. The van der Waals surface area contributed by atoms with Crippen LogP contribution in [0.1, 0.15) is 38.7 Å². The topological polar surface area (TPSA) is 214 Å². The lowest BCUT2D eigenvalue weighted by molar-refractivity contribution is -0.143. The third kappa shape index (κ3) is 12.0. The first-order valence-electron chi connectivity index (χ1n) is 11.8. The lowest BCUT2D eigenvalue weighted by atomic mass is 10.0. The van der Waals surface area contributed by atoms with Gasteiger partial charge in [0.2, 0.25) is 23.6 Å². The van der Waals surface area contributed by atoms with Gasteiger partial charge in [-0.25, -0.2) is 4.79 Å². The normalized spacial score (nSPS) is 14.2. The van der Waals surface area contributed by atoms with E-state index in [1.54, 1.807) is 18.4 Å². The predicted molar refractivity (Wildman–Crippen MR) is 139 cm³/mol. The maximum atomic E-state index is 13.3. The molecule has 4 amide bonds. The van der Waals surface area contributed by atoms with Crippen molar-refractivity contribution in [1.29, 1.82) is 0 Å². The molecular weight excluding hydrogens is 502 g/mol. The van der Waals surface area contributed by atoms with Crippen LogP contribution < -0.4 is 27.4 Å². The van der Waals surface area contributed by atoms with E-state index in [1.165, 1.54) is 23.9 Å². The molecule has 0 aromatic heterocycles. The van der Waals surface area contributed by atoms with Gasteiger partial charge in [0.15, 0.2) is 0 Å². The first-order chi connectivity index (χ1) is 17.3. The number of carbonyl (C=O) groups is 5. The molecule has 0 aliphatic rings. The summed E-state index contributed by atoms with van der Waals surface area (Å²) in [4.78, 5) is 61.5. The van der Waals surface area contributed by atoms with Crippen LogP contribution in [0.4, 0.5) is 0 Å². The van der Waals surface area contributed by atoms with E-state index < -0.39 is 60.2 Å². The second-order valence-corrected chi connectivity index (χ2v) is 10.1. The van der Waals surface area contributed by atoms with Crippen LogP contribution in [0, 0.1) is 5.92 Å². The Morgan fingerprint density at radius 1 is 0.919 bits per heavy atom. The van der Waals surface area contributed by atoms with Crippen LogP contribution in [-0.4, -0.2) is 76.0 Å². The number of nitrogens with two attached hydrogens (primary N) is 2. The van der Waals surface area contributed by atoms with E-state index in [9.17, 15) is 34.2 Å². The molecule has 9 N–H and O–H groups in total. The summed E-state index contributed by atoms with van der Waals surface area (Å²) >= 11 is 1.41.